The fraction of sp³-hybridized carbons (Fsp3) is 0.600. The SMILES string of the molecule is NC(=O)N(CCCN(N=O)C(N)=O)N=O. The lowest BCUT2D eigenvalue weighted by Gasteiger charge is -2.12. The second-order valence-corrected chi connectivity index (χ2v) is 2.44. The number of primary amides is 2. The first-order valence-electron chi connectivity index (χ1n) is 3.83. The summed E-state index contributed by atoms with van der Waals surface area (Å²) in [4.78, 5) is 41.0. The molecule has 0 aromatic carbocycles. The maximum Gasteiger partial charge on any atom is 0.337 e. The Morgan fingerprint density at radius 2 is 1.27 bits per heavy atom. The maximum absolute atomic E-state index is 10.5. The Bertz CT molecular complexity index is 242. The maximum atomic E-state index is 10.5. The number of urea groups is 2. The van der Waals surface area contributed by atoms with Crippen molar-refractivity contribution in [3.8, 4) is 0 Å². The highest BCUT2D eigenvalue weighted by Gasteiger charge is 2.13. The van der Waals surface area contributed by atoms with Crippen LogP contribution in [0, 0.1) is 9.81 Å². The third kappa shape index (κ3) is 4.50. The fourth-order valence-electron chi connectivity index (χ4n) is 0.753. The van der Waals surface area contributed by atoms with E-state index in [1.54, 1.807) is 0 Å². The van der Waals surface area contributed by atoms with Crippen LogP contribution in [0.25, 0.3) is 0 Å². The number of amides is 4. The topological polar surface area (TPSA) is 152 Å². The monoisotopic (exact) mass is 218 g/mol. The minimum absolute atomic E-state index is 0.101. The van der Waals surface area contributed by atoms with Gasteiger partial charge >= 0.3 is 12.1 Å². The van der Waals surface area contributed by atoms with Crippen molar-refractivity contribution in [1.29, 1.82) is 0 Å². The average molecular weight is 218 g/mol. The van der Waals surface area contributed by atoms with E-state index in [1.807, 2.05) is 0 Å². The van der Waals surface area contributed by atoms with Crippen molar-refractivity contribution in [1.82, 2.24) is 10.0 Å². The molecule has 0 bridgehead atoms. The second-order valence-electron chi connectivity index (χ2n) is 2.44. The molecule has 84 valence electrons. The Kier molecular flexibility index (Phi) is 5.29. The Labute approximate surface area is 84.1 Å². The van der Waals surface area contributed by atoms with Crippen molar-refractivity contribution in [2.24, 2.45) is 22.0 Å². The van der Waals surface area contributed by atoms with Gasteiger partial charge in [-0.15, -0.1) is 9.81 Å². The number of nitrogens with zero attached hydrogens (tertiary/aromatic N) is 4. The quantitative estimate of drug-likeness (QED) is 0.455. The van der Waals surface area contributed by atoms with E-state index in [1.165, 1.54) is 0 Å². The van der Waals surface area contributed by atoms with Crippen molar-refractivity contribution < 1.29 is 9.59 Å². The zero-order chi connectivity index (χ0) is 11.8. The second kappa shape index (κ2) is 6.23. The zero-order valence-electron chi connectivity index (χ0n) is 7.70. The largest absolute Gasteiger partial charge is 0.350 e. The number of hydrogen-bond acceptors (Lipinski definition) is 6. The number of rotatable bonds is 6. The van der Waals surface area contributed by atoms with Gasteiger partial charge in [0, 0.05) is 0 Å². The van der Waals surface area contributed by atoms with Crippen LogP contribution in [0.1, 0.15) is 6.42 Å². The van der Waals surface area contributed by atoms with E-state index in [9.17, 15) is 19.4 Å². The third-order valence-electron chi connectivity index (χ3n) is 1.45. The lowest BCUT2D eigenvalue weighted by atomic mass is 10.4. The molecule has 15 heavy (non-hydrogen) atoms. The minimum Gasteiger partial charge on any atom is -0.350 e. The molecule has 0 aromatic heterocycles. The van der Waals surface area contributed by atoms with Crippen LogP contribution in [0.5, 0.6) is 0 Å². The van der Waals surface area contributed by atoms with E-state index in [2.05, 4.69) is 10.6 Å². The minimum atomic E-state index is -1.02. The molecule has 10 nitrogen and oxygen atoms in total. The first-order valence-corrected chi connectivity index (χ1v) is 3.83. The average Bonchev–Trinajstić information content (AvgIpc) is 2.17. The third-order valence-corrected chi connectivity index (χ3v) is 1.45. The number of nitrogens with two attached hydrogens (primary N) is 2. The van der Waals surface area contributed by atoms with E-state index >= 15 is 0 Å². The fourth-order valence-corrected chi connectivity index (χ4v) is 0.753. The molecule has 0 aliphatic heterocycles. The summed E-state index contributed by atoms with van der Waals surface area (Å²) < 4.78 is 0. The van der Waals surface area contributed by atoms with Gasteiger partial charge in [0.1, 0.15) is 0 Å². The molecular formula is C5H10N6O4. The van der Waals surface area contributed by atoms with Crippen LogP contribution in [-0.2, 0) is 0 Å². The molecule has 0 spiro atoms. The van der Waals surface area contributed by atoms with Gasteiger partial charge in [-0.05, 0) is 6.42 Å². The molecule has 10 heteroatoms. The molecule has 0 rings (SSSR count). The highest BCUT2D eigenvalue weighted by atomic mass is 16.3. The standard InChI is InChI=1S/C5H10N6O4/c6-4(12)10(8-14)2-1-3-11(9-15)5(7)13/h1-3H2,(H2,6,12)(H2,7,13). The molecule has 0 radical (unpaired) electrons. The zero-order valence-corrected chi connectivity index (χ0v) is 7.70. The van der Waals surface area contributed by atoms with Crippen molar-refractivity contribution in [3.05, 3.63) is 9.81 Å². The first kappa shape index (κ1) is 12.7. The summed E-state index contributed by atoms with van der Waals surface area (Å²) in [6.07, 6.45) is 0.101. The molecular weight excluding hydrogens is 208 g/mol. The predicted octanol–water partition coefficient (Wildman–Crippen LogP) is -0.499. The molecule has 0 saturated carbocycles. The molecule has 0 atom stereocenters. The summed E-state index contributed by atoms with van der Waals surface area (Å²) in [5.74, 6) is 0. The van der Waals surface area contributed by atoms with Crippen LogP contribution in [0.4, 0.5) is 9.59 Å². The van der Waals surface area contributed by atoms with Crippen LogP contribution >= 0.6 is 0 Å². The Morgan fingerprint density at radius 1 is 0.933 bits per heavy atom. The smallest absolute Gasteiger partial charge is 0.337 e. The summed E-state index contributed by atoms with van der Waals surface area (Å²) in [5.41, 5.74) is 9.52. The van der Waals surface area contributed by atoms with Gasteiger partial charge in [0.25, 0.3) is 0 Å². The van der Waals surface area contributed by atoms with E-state index in [0.717, 1.165) is 0 Å². The number of carbonyl (C=O) groups excluding carboxylic acids is 2. The highest BCUT2D eigenvalue weighted by Crippen LogP contribution is 1.96. The van der Waals surface area contributed by atoms with Crippen molar-refractivity contribution in [3.63, 3.8) is 0 Å². The summed E-state index contributed by atoms with van der Waals surface area (Å²) in [6.45, 7) is -0.254. The van der Waals surface area contributed by atoms with Gasteiger partial charge in [-0.1, -0.05) is 0 Å². The Morgan fingerprint density at radius 3 is 1.47 bits per heavy atom. The Balaban J connectivity index is 3.95. The number of nitroso groups, excluding NO2 is 2. The number of hydrogen-bond donors (Lipinski definition) is 2. The van der Waals surface area contributed by atoms with Gasteiger partial charge in [0.15, 0.2) is 0 Å². The molecule has 0 aliphatic carbocycles. The summed E-state index contributed by atoms with van der Waals surface area (Å²) in [7, 11) is 0. The first-order chi connectivity index (χ1) is 7.02. The van der Waals surface area contributed by atoms with Crippen LogP contribution in [0.15, 0.2) is 10.6 Å². The van der Waals surface area contributed by atoms with Gasteiger partial charge in [-0.3, -0.25) is 0 Å². The molecule has 0 saturated heterocycles. The normalized spacial score (nSPS) is 9.07. The summed E-state index contributed by atoms with van der Waals surface area (Å²) in [6, 6.07) is -2.04. The van der Waals surface area contributed by atoms with Gasteiger partial charge in [-0.25, -0.2) is 9.59 Å². The van der Waals surface area contributed by atoms with Crippen LogP contribution in [-0.4, -0.2) is 35.2 Å². The van der Waals surface area contributed by atoms with E-state index in [-0.39, 0.29) is 19.5 Å². The van der Waals surface area contributed by atoms with Crippen LogP contribution < -0.4 is 11.5 Å². The Hall–Kier alpha value is -2.26. The molecule has 0 heterocycles. The summed E-state index contributed by atoms with van der Waals surface area (Å²) in [5, 5.41) is 5.54. The van der Waals surface area contributed by atoms with Gasteiger partial charge in [-0.2, -0.15) is 10.0 Å². The number of carbonyl (C=O) groups is 2. The van der Waals surface area contributed by atoms with E-state index in [4.69, 9.17) is 11.5 Å². The summed E-state index contributed by atoms with van der Waals surface area (Å²) >= 11 is 0. The van der Waals surface area contributed by atoms with E-state index in [0.29, 0.717) is 10.0 Å². The predicted molar refractivity (Wildman–Crippen MR) is 48.8 cm³/mol. The van der Waals surface area contributed by atoms with Crippen LogP contribution in [0.2, 0.25) is 0 Å². The van der Waals surface area contributed by atoms with Gasteiger partial charge < -0.3 is 11.5 Å². The lowest BCUT2D eigenvalue weighted by Crippen LogP contribution is -2.35. The van der Waals surface area contributed by atoms with Crippen molar-refractivity contribution >= 4 is 12.1 Å². The van der Waals surface area contributed by atoms with Gasteiger partial charge in [0.05, 0.1) is 23.7 Å². The molecule has 0 aromatic rings. The molecule has 0 fully saturated rings. The highest BCUT2D eigenvalue weighted by molar-refractivity contribution is 5.72. The van der Waals surface area contributed by atoms with E-state index < -0.39 is 12.1 Å². The molecule has 4 amide bonds. The molecule has 0 unspecified atom stereocenters. The molecule has 4 N–H and O–H groups in total. The van der Waals surface area contributed by atoms with Crippen molar-refractivity contribution in [2.75, 3.05) is 13.1 Å². The van der Waals surface area contributed by atoms with Crippen LogP contribution in [0.3, 0.4) is 0 Å². The van der Waals surface area contributed by atoms with Crippen molar-refractivity contribution in [2.45, 2.75) is 6.42 Å². The molecule has 0 aliphatic rings. The van der Waals surface area contributed by atoms with Gasteiger partial charge in [0.2, 0.25) is 0 Å². The lowest BCUT2D eigenvalue weighted by molar-refractivity contribution is 0.196.